The number of aliphatic hydroxyl groups is 1. The average Bonchev–Trinajstić information content (AvgIpc) is 3.46. The van der Waals surface area contributed by atoms with Crippen molar-refractivity contribution in [3.8, 4) is 11.3 Å². The van der Waals surface area contributed by atoms with Crippen molar-refractivity contribution in [3.05, 3.63) is 35.9 Å². The SMILES string of the molecule is O=C(Nc1cc(F)c(F)c(-c2ccc(N[C@H]3C[C@@H]4CN[C@@H](CC5CCOCC5)[C@H]4C3)nn2)c1)C1(O)CCC1. The maximum absolute atomic E-state index is 14.6. The van der Waals surface area contributed by atoms with Gasteiger partial charge in [-0.1, -0.05) is 0 Å². The van der Waals surface area contributed by atoms with Crippen molar-refractivity contribution in [2.24, 2.45) is 17.8 Å². The summed E-state index contributed by atoms with van der Waals surface area (Å²) in [5.41, 5.74) is -1.32. The largest absolute Gasteiger partial charge is 0.381 e. The summed E-state index contributed by atoms with van der Waals surface area (Å²) < 4.78 is 34.5. The van der Waals surface area contributed by atoms with E-state index in [0.29, 0.717) is 42.6 Å². The normalized spacial score (nSPS) is 28.5. The summed E-state index contributed by atoms with van der Waals surface area (Å²) in [6, 6.07) is 6.41. The van der Waals surface area contributed by atoms with E-state index in [1.165, 1.54) is 12.5 Å². The number of halogens is 2. The van der Waals surface area contributed by atoms with Gasteiger partial charge >= 0.3 is 0 Å². The van der Waals surface area contributed by atoms with E-state index in [9.17, 15) is 18.7 Å². The van der Waals surface area contributed by atoms with Crippen LogP contribution in [0.2, 0.25) is 0 Å². The fourth-order valence-corrected chi connectivity index (χ4v) is 6.65. The molecule has 3 heterocycles. The molecule has 0 bridgehead atoms. The quantitative estimate of drug-likeness (QED) is 0.433. The molecule has 1 aromatic heterocycles. The Labute approximate surface area is 220 Å². The first-order valence-electron chi connectivity index (χ1n) is 13.8. The molecule has 2 aliphatic heterocycles. The van der Waals surface area contributed by atoms with Gasteiger partial charge in [-0.3, -0.25) is 4.79 Å². The van der Waals surface area contributed by atoms with Crippen molar-refractivity contribution in [2.45, 2.75) is 69.1 Å². The molecule has 2 aromatic rings. The Morgan fingerprint density at radius 3 is 2.68 bits per heavy atom. The number of hydrogen-bond acceptors (Lipinski definition) is 7. The minimum absolute atomic E-state index is 0.0645. The molecular formula is C28H35F2N5O3. The number of rotatable bonds is 7. The first-order chi connectivity index (χ1) is 18.4. The summed E-state index contributed by atoms with van der Waals surface area (Å²) in [7, 11) is 0. The molecule has 10 heteroatoms. The van der Waals surface area contributed by atoms with Crippen molar-refractivity contribution >= 4 is 17.4 Å². The predicted molar refractivity (Wildman–Crippen MR) is 138 cm³/mol. The highest BCUT2D eigenvalue weighted by molar-refractivity contribution is 5.98. The third-order valence-corrected chi connectivity index (χ3v) is 9.02. The summed E-state index contributed by atoms with van der Waals surface area (Å²) >= 11 is 0. The number of fused-ring (bicyclic) bond motifs is 1. The van der Waals surface area contributed by atoms with E-state index < -0.39 is 23.1 Å². The van der Waals surface area contributed by atoms with Crippen LogP contribution >= 0.6 is 0 Å². The summed E-state index contributed by atoms with van der Waals surface area (Å²) in [6.07, 6.45) is 7.12. The van der Waals surface area contributed by atoms with E-state index in [1.54, 1.807) is 12.1 Å². The number of anilines is 2. The zero-order chi connectivity index (χ0) is 26.3. The number of aromatic nitrogens is 2. The molecule has 4 aliphatic rings. The van der Waals surface area contributed by atoms with E-state index in [2.05, 4.69) is 26.1 Å². The van der Waals surface area contributed by atoms with Gasteiger partial charge in [-0.15, -0.1) is 10.2 Å². The van der Waals surface area contributed by atoms with Crippen LogP contribution in [-0.2, 0) is 9.53 Å². The number of carbonyl (C=O) groups excluding carboxylic acids is 1. The van der Waals surface area contributed by atoms with Crippen molar-refractivity contribution in [3.63, 3.8) is 0 Å². The number of hydrogen-bond donors (Lipinski definition) is 4. The van der Waals surface area contributed by atoms with Crippen LogP contribution in [0.5, 0.6) is 0 Å². The molecule has 204 valence electrons. The lowest BCUT2D eigenvalue weighted by atomic mass is 9.79. The Balaban J connectivity index is 1.09. The van der Waals surface area contributed by atoms with Gasteiger partial charge in [-0.2, -0.15) is 0 Å². The van der Waals surface area contributed by atoms with Gasteiger partial charge in [0.05, 0.1) is 5.69 Å². The summed E-state index contributed by atoms with van der Waals surface area (Å²) in [5.74, 6) is -0.141. The van der Waals surface area contributed by atoms with Gasteiger partial charge in [0.1, 0.15) is 11.4 Å². The summed E-state index contributed by atoms with van der Waals surface area (Å²) in [5, 5.41) is 28.4. The van der Waals surface area contributed by atoms with Crippen LogP contribution in [0, 0.1) is 29.4 Å². The number of benzene rings is 1. The Kier molecular flexibility index (Phi) is 7.05. The predicted octanol–water partition coefficient (Wildman–Crippen LogP) is 3.87. The standard InChI is InChI=1S/C28H35F2N5O3/c29-22-14-19(33-27(36)28(37)6-1-7-28)13-21(26(22)30)23-2-3-25(35-34-23)32-18-11-17-15-31-24(20(17)12-18)10-16-4-8-38-9-5-16/h2-3,13-14,16-18,20,24,31,37H,1,4-12,15H2,(H,32,35)(H,33,36)/t17-,18+,20+,24+/m1/s1. The molecule has 8 nitrogen and oxygen atoms in total. The highest BCUT2D eigenvalue weighted by atomic mass is 19.2. The van der Waals surface area contributed by atoms with Gasteiger partial charge in [0.2, 0.25) is 0 Å². The molecule has 4 N–H and O–H groups in total. The van der Waals surface area contributed by atoms with Gasteiger partial charge < -0.3 is 25.8 Å². The van der Waals surface area contributed by atoms with E-state index in [0.717, 1.165) is 63.8 Å². The molecule has 1 aromatic carbocycles. The molecule has 38 heavy (non-hydrogen) atoms. The Morgan fingerprint density at radius 1 is 1.16 bits per heavy atom. The zero-order valence-corrected chi connectivity index (χ0v) is 21.4. The topological polar surface area (TPSA) is 108 Å². The first kappa shape index (κ1) is 25.6. The lowest BCUT2D eigenvalue weighted by molar-refractivity contribution is -0.142. The zero-order valence-electron chi connectivity index (χ0n) is 21.4. The maximum atomic E-state index is 14.6. The van der Waals surface area contributed by atoms with Crippen LogP contribution in [0.4, 0.5) is 20.3 Å². The molecule has 2 aliphatic carbocycles. The van der Waals surface area contributed by atoms with Gasteiger partial charge in [0.25, 0.3) is 5.91 Å². The second-order valence-corrected chi connectivity index (χ2v) is 11.5. The fourth-order valence-electron chi connectivity index (χ4n) is 6.65. The molecule has 0 unspecified atom stereocenters. The first-order valence-corrected chi connectivity index (χ1v) is 13.8. The van der Waals surface area contributed by atoms with Gasteiger partial charge in [0, 0.05) is 42.6 Å². The van der Waals surface area contributed by atoms with Crippen molar-refractivity contribution in [2.75, 3.05) is 30.4 Å². The minimum atomic E-state index is -1.45. The number of carbonyl (C=O) groups is 1. The third kappa shape index (κ3) is 5.13. The average molecular weight is 528 g/mol. The van der Waals surface area contributed by atoms with Gasteiger partial charge in [-0.05, 0) is 93.9 Å². The van der Waals surface area contributed by atoms with E-state index >= 15 is 0 Å². The molecule has 0 spiro atoms. The van der Waals surface area contributed by atoms with Crippen molar-refractivity contribution in [1.82, 2.24) is 15.5 Å². The van der Waals surface area contributed by atoms with Crippen LogP contribution in [0.3, 0.4) is 0 Å². The molecule has 2 saturated carbocycles. The molecule has 1 amide bonds. The Bertz CT molecular complexity index is 1170. The maximum Gasteiger partial charge on any atom is 0.256 e. The van der Waals surface area contributed by atoms with Crippen LogP contribution in [0.1, 0.15) is 51.4 Å². The summed E-state index contributed by atoms with van der Waals surface area (Å²) in [4.78, 5) is 12.3. The number of ether oxygens (including phenoxy) is 1. The van der Waals surface area contributed by atoms with Crippen LogP contribution in [-0.4, -0.2) is 58.7 Å². The Hall–Kier alpha value is -2.69. The van der Waals surface area contributed by atoms with Crippen LogP contribution in [0.25, 0.3) is 11.3 Å². The summed E-state index contributed by atoms with van der Waals surface area (Å²) in [6.45, 7) is 2.81. The lowest BCUT2D eigenvalue weighted by Gasteiger charge is -2.34. The van der Waals surface area contributed by atoms with Crippen molar-refractivity contribution < 1.29 is 23.4 Å². The van der Waals surface area contributed by atoms with Crippen LogP contribution < -0.4 is 16.0 Å². The van der Waals surface area contributed by atoms with E-state index in [4.69, 9.17) is 4.74 Å². The molecule has 4 fully saturated rings. The second kappa shape index (κ2) is 10.5. The van der Waals surface area contributed by atoms with Crippen molar-refractivity contribution in [1.29, 1.82) is 0 Å². The third-order valence-electron chi connectivity index (χ3n) is 9.02. The highest BCUT2D eigenvalue weighted by Crippen LogP contribution is 2.42. The van der Waals surface area contributed by atoms with E-state index in [-0.39, 0.29) is 16.9 Å². The van der Waals surface area contributed by atoms with Crippen LogP contribution in [0.15, 0.2) is 24.3 Å². The molecule has 6 rings (SSSR count). The molecular weight excluding hydrogens is 492 g/mol. The number of nitrogens with one attached hydrogen (secondary N) is 3. The lowest BCUT2D eigenvalue weighted by Crippen LogP contribution is -2.48. The smallest absolute Gasteiger partial charge is 0.256 e. The number of amides is 1. The molecule has 0 radical (unpaired) electrons. The second-order valence-electron chi connectivity index (χ2n) is 11.5. The van der Waals surface area contributed by atoms with E-state index in [1.807, 2.05) is 0 Å². The molecule has 4 atom stereocenters. The highest BCUT2D eigenvalue weighted by Gasteiger charge is 2.44. The Morgan fingerprint density at radius 2 is 1.97 bits per heavy atom. The monoisotopic (exact) mass is 527 g/mol. The van der Waals surface area contributed by atoms with Gasteiger partial charge in [0.15, 0.2) is 11.6 Å². The fraction of sp³-hybridized carbons (Fsp3) is 0.607. The van der Waals surface area contributed by atoms with Gasteiger partial charge in [-0.25, -0.2) is 8.78 Å². The minimum Gasteiger partial charge on any atom is -0.381 e. The number of nitrogens with zero attached hydrogens (tertiary/aromatic N) is 2. The molecule has 2 saturated heterocycles.